The first-order valence-electron chi connectivity index (χ1n) is 13.6. The van der Waals surface area contributed by atoms with E-state index in [4.69, 9.17) is 19.3 Å². The number of ether oxygens (including phenoxy) is 2. The molecule has 0 spiro atoms. The second kappa shape index (κ2) is 13.8. The number of thiazole rings is 1. The van der Waals surface area contributed by atoms with Gasteiger partial charge in [0.2, 0.25) is 0 Å². The SMILES string of the molecule is COCCOCc1ccccc1C1CC(c2csc(C3CCN(C(C=O)n4nc(C(F)F)cc4C(F)F)CC3)n2)=NO1. The molecule has 0 amide bonds. The van der Waals surface area contributed by atoms with Crippen LogP contribution in [0.15, 0.2) is 40.9 Å². The van der Waals surface area contributed by atoms with Gasteiger partial charge < -0.3 is 14.3 Å². The molecule has 0 N–H and O–H groups in total. The third kappa shape index (κ3) is 6.72. The number of nitrogens with zero attached hydrogens (tertiary/aromatic N) is 5. The maximum Gasteiger partial charge on any atom is 0.282 e. The predicted molar refractivity (Wildman–Crippen MR) is 146 cm³/mol. The number of oxime groups is 1. The summed E-state index contributed by atoms with van der Waals surface area (Å²) < 4.78 is 64.8. The summed E-state index contributed by atoms with van der Waals surface area (Å²) in [6.45, 7) is 2.24. The summed E-state index contributed by atoms with van der Waals surface area (Å²) in [7, 11) is 1.63. The molecule has 0 bridgehead atoms. The van der Waals surface area contributed by atoms with Crippen LogP contribution >= 0.6 is 11.3 Å². The Bertz CT molecular complexity index is 1380. The van der Waals surface area contributed by atoms with Crippen molar-refractivity contribution < 1.29 is 36.7 Å². The van der Waals surface area contributed by atoms with E-state index in [-0.39, 0.29) is 12.0 Å². The van der Waals surface area contributed by atoms with Gasteiger partial charge in [-0.2, -0.15) is 5.10 Å². The van der Waals surface area contributed by atoms with Crippen LogP contribution in [0.1, 0.15) is 83.5 Å². The van der Waals surface area contributed by atoms with Gasteiger partial charge in [0.25, 0.3) is 12.9 Å². The minimum atomic E-state index is -3.04. The number of rotatable bonds is 13. The number of hydrogen-bond acceptors (Lipinski definition) is 9. The zero-order valence-corrected chi connectivity index (χ0v) is 23.7. The highest BCUT2D eigenvalue weighted by Crippen LogP contribution is 2.36. The Hall–Kier alpha value is -3.20. The third-order valence-corrected chi connectivity index (χ3v) is 8.44. The number of hydrogen-bond donors (Lipinski definition) is 0. The van der Waals surface area contributed by atoms with Crippen LogP contribution in [0.25, 0.3) is 0 Å². The van der Waals surface area contributed by atoms with Crippen LogP contribution in [-0.4, -0.2) is 65.1 Å². The van der Waals surface area contributed by atoms with Crippen LogP contribution < -0.4 is 0 Å². The highest BCUT2D eigenvalue weighted by atomic mass is 32.1. The molecule has 0 aliphatic carbocycles. The van der Waals surface area contributed by atoms with Gasteiger partial charge in [0, 0.05) is 43.5 Å². The van der Waals surface area contributed by atoms with Crippen molar-refractivity contribution in [3.8, 4) is 0 Å². The monoisotopic (exact) mass is 609 g/mol. The van der Waals surface area contributed by atoms with E-state index in [0.717, 1.165) is 32.2 Å². The van der Waals surface area contributed by atoms with Crippen molar-refractivity contribution in [2.24, 2.45) is 5.16 Å². The summed E-state index contributed by atoms with van der Waals surface area (Å²) in [6.07, 6.45) is -5.22. The van der Waals surface area contributed by atoms with Gasteiger partial charge in [0.1, 0.15) is 17.1 Å². The highest BCUT2D eigenvalue weighted by molar-refractivity contribution is 7.10. The maximum atomic E-state index is 13.5. The highest BCUT2D eigenvalue weighted by Gasteiger charge is 2.33. The Kier molecular flexibility index (Phi) is 9.98. The third-order valence-electron chi connectivity index (χ3n) is 7.43. The summed E-state index contributed by atoms with van der Waals surface area (Å²) >= 11 is 1.52. The molecule has 2 aliphatic heterocycles. The largest absolute Gasteiger partial charge is 0.387 e. The first kappa shape index (κ1) is 30.3. The van der Waals surface area contributed by atoms with E-state index in [1.165, 1.54) is 11.3 Å². The fraction of sp³-hybridized carbons (Fsp3) is 0.500. The standard InChI is InChI=1S/C28H31F4N5O4S/c1-39-10-11-40-15-18-4-2-3-5-19(18)24-13-20(35-41-24)22-16-42-28(33-22)17-6-8-36(9-7-17)25(14-38)37-23(27(31)32)12-21(34-37)26(29)30/h2-5,12,14,16-17,24-27H,6-11,13,15H2,1H3. The molecule has 1 saturated heterocycles. The van der Waals surface area contributed by atoms with Gasteiger partial charge in [-0.3, -0.25) is 9.69 Å². The van der Waals surface area contributed by atoms with Crippen molar-refractivity contribution in [3.05, 3.63) is 68.9 Å². The first-order chi connectivity index (χ1) is 20.4. The summed E-state index contributed by atoms with van der Waals surface area (Å²) in [4.78, 5) is 24.2. The topological polar surface area (TPSA) is 91.1 Å². The van der Waals surface area contributed by atoms with Crippen LogP contribution in [0.5, 0.6) is 0 Å². The number of alkyl halides is 4. The molecule has 1 fully saturated rings. The molecule has 5 rings (SSSR count). The average molecular weight is 610 g/mol. The van der Waals surface area contributed by atoms with E-state index in [9.17, 15) is 22.4 Å². The summed E-state index contributed by atoms with van der Waals surface area (Å²) in [6, 6.07) is 8.58. The van der Waals surface area contributed by atoms with Crippen molar-refractivity contribution in [2.45, 2.75) is 56.9 Å². The summed E-state index contributed by atoms with van der Waals surface area (Å²) in [5, 5.41) is 10.8. The Balaban J connectivity index is 1.19. The molecule has 2 aromatic heterocycles. The smallest absolute Gasteiger partial charge is 0.282 e. The molecule has 2 aliphatic rings. The van der Waals surface area contributed by atoms with Gasteiger partial charge >= 0.3 is 0 Å². The minimum absolute atomic E-state index is 0.0970. The average Bonchev–Trinajstić information content (AvgIpc) is 3.76. The second-order valence-corrected chi connectivity index (χ2v) is 10.9. The van der Waals surface area contributed by atoms with Crippen LogP contribution in [0, 0.1) is 0 Å². The number of aromatic nitrogens is 3. The lowest BCUT2D eigenvalue weighted by Crippen LogP contribution is -2.40. The quantitative estimate of drug-likeness (QED) is 0.137. The van der Waals surface area contributed by atoms with E-state index in [0.29, 0.717) is 64.5 Å². The number of carbonyl (C=O) groups excluding carboxylic acids is 1. The maximum absolute atomic E-state index is 13.5. The summed E-state index contributed by atoms with van der Waals surface area (Å²) in [5.41, 5.74) is 2.06. The van der Waals surface area contributed by atoms with Crippen molar-refractivity contribution in [1.82, 2.24) is 19.7 Å². The predicted octanol–water partition coefficient (Wildman–Crippen LogP) is 5.82. The Morgan fingerprint density at radius 3 is 2.64 bits per heavy atom. The molecule has 1 aromatic carbocycles. The molecule has 4 heterocycles. The molecule has 0 saturated carbocycles. The van der Waals surface area contributed by atoms with E-state index in [1.807, 2.05) is 29.6 Å². The lowest BCUT2D eigenvalue weighted by Gasteiger charge is -2.35. The fourth-order valence-electron chi connectivity index (χ4n) is 5.23. The van der Waals surface area contributed by atoms with Crippen LogP contribution in [0.2, 0.25) is 0 Å². The van der Waals surface area contributed by atoms with Gasteiger partial charge in [0.05, 0.1) is 30.5 Å². The molecular weight excluding hydrogens is 578 g/mol. The zero-order chi connectivity index (χ0) is 29.6. The molecule has 14 heteroatoms. The number of piperidine rings is 1. The van der Waals surface area contributed by atoms with E-state index in [1.54, 1.807) is 12.0 Å². The Labute approximate surface area is 244 Å². The van der Waals surface area contributed by atoms with Crippen molar-refractivity contribution in [1.29, 1.82) is 0 Å². The summed E-state index contributed by atoms with van der Waals surface area (Å²) in [5.74, 6) is 0.0970. The Morgan fingerprint density at radius 1 is 1.14 bits per heavy atom. The van der Waals surface area contributed by atoms with E-state index < -0.39 is 30.4 Å². The zero-order valence-electron chi connectivity index (χ0n) is 22.9. The lowest BCUT2D eigenvalue weighted by atomic mass is 9.97. The normalized spacial score (nSPS) is 18.9. The van der Waals surface area contributed by atoms with Gasteiger partial charge in [0.15, 0.2) is 18.6 Å². The van der Waals surface area contributed by atoms with E-state index >= 15 is 0 Å². The van der Waals surface area contributed by atoms with Crippen molar-refractivity contribution >= 4 is 23.3 Å². The van der Waals surface area contributed by atoms with Gasteiger partial charge in [-0.15, -0.1) is 11.3 Å². The van der Waals surface area contributed by atoms with Gasteiger partial charge in [-0.25, -0.2) is 27.2 Å². The van der Waals surface area contributed by atoms with Crippen molar-refractivity contribution in [3.63, 3.8) is 0 Å². The number of carbonyl (C=O) groups is 1. The van der Waals surface area contributed by atoms with Crippen LogP contribution in [0.4, 0.5) is 17.6 Å². The van der Waals surface area contributed by atoms with E-state index in [2.05, 4.69) is 10.3 Å². The fourth-order valence-corrected chi connectivity index (χ4v) is 6.23. The second-order valence-electron chi connectivity index (χ2n) is 10.1. The molecular formula is C28H31F4N5O4S. The van der Waals surface area contributed by atoms with Crippen LogP contribution in [0.3, 0.4) is 0 Å². The van der Waals surface area contributed by atoms with Crippen molar-refractivity contribution in [2.75, 3.05) is 33.4 Å². The molecule has 0 radical (unpaired) electrons. The Morgan fingerprint density at radius 2 is 1.93 bits per heavy atom. The van der Waals surface area contributed by atoms with Crippen LogP contribution in [-0.2, 0) is 25.7 Å². The molecule has 9 nitrogen and oxygen atoms in total. The molecule has 3 aromatic rings. The minimum Gasteiger partial charge on any atom is -0.387 e. The number of methoxy groups -OCH3 is 1. The van der Waals surface area contributed by atoms with Gasteiger partial charge in [-0.1, -0.05) is 29.4 Å². The number of likely N-dealkylation sites (tertiary alicyclic amines) is 1. The molecule has 2 unspecified atom stereocenters. The number of aldehydes is 1. The lowest BCUT2D eigenvalue weighted by molar-refractivity contribution is -0.116. The first-order valence-corrected chi connectivity index (χ1v) is 14.5. The van der Waals surface area contributed by atoms with Gasteiger partial charge in [-0.05, 0) is 24.5 Å². The number of halogens is 4. The molecule has 226 valence electrons. The number of benzene rings is 1. The molecule has 2 atom stereocenters. The molecule has 42 heavy (non-hydrogen) atoms.